The van der Waals surface area contributed by atoms with Crippen molar-refractivity contribution < 1.29 is 4.79 Å². The van der Waals surface area contributed by atoms with Crippen LogP contribution in [0.4, 0.5) is 5.69 Å². The van der Waals surface area contributed by atoms with E-state index in [1.165, 1.54) is 0 Å². The lowest BCUT2D eigenvalue weighted by Gasteiger charge is -2.23. The lowest BCUT2D eigenvalue weighted by atomic mass is 9.84. The first-order valence-electron chi connectivity index (χ1n) is 6.93. The molecule has 2 aromatic rings. The standard InChI is InChI=1S/C15H22N4O/c1-15(2,7-8-16)6-5-14(20)18-12-4-3-11-10-17-19-13(11)9-12/h3-4,9-10H,5-8,16H2,1-2H3,(H,17,19)(H,18,20). The fraction of sp³-hybridized carbons (Fsp3) is 0.467. The van der Waals surface area contributed by atoms with Gasteiger partial charge in [0.1, 0.15) is 0 Å². The molecule has 1 heterocycles. The van der Waals surface area contributed by atoms with E-state index in [4.69, 9.17) is 5.73 Å². The minimum atomic E-state index is 0.0361. The van der Waals surface area contributed by atoms with Gasteiger partial charge in [0.15, 0.2) is 0 Å². The molecule has 0 aliphatic rings. The maximum atomic E-state index is 12.0. The van der Waals surface area contributed by atoms with Gasteiger partial charge >= 0.3 is 0 Å². The first-order valence-corrected chi connectivity index (χ1v) is 6.93. The summed E-state index contributed by atoms with van der Waals surface area (Å²) in [6.07, 6.45) is 4.03. The van der Waals surface area contributed by atoms with Crippen LogP contribution in [0, 0.1) is 5.41 Å². The van der Waals surface area contributed by atoms with Crippen LogP contribution in [0.1, 0.15) is 33.1 Å². The highest BCUT2D eigenvalue weighted by atomic mass is 16.1. The number of carbonyl (C=O) groups is 1. The van der Waals surface area contributed by atoms with Crippen molar-refractivity contribution in [2.45, 2.75) is 33.1 Å². The highest BCUT2D eigenvalue weighted by Crippen LogP contribution is 2.26. The third kappa shape index (κ3) is 3.81. The second-order valence-electron chi connectivity index (χ2n) is 5.92. The summed E-state index contributed by atoms with van der Waals surface area (Å²) < 4.78 is 0. The Balaban J connectivity index is 1.90. The van der Waals surface area contributed by atoms with Crippen LogP contribution < -0.4 is 11.1 Å². The highest BCUT2D eigenvalue weighted by Gasteiger charge is 2.18. The summed E-state index contributed by atoms with van der Waals surface area (Å²) in [6.45, 7) is 4.94. The number of nitrogens with two attached hydrogens (primary N) is 1. The van der Waals surface area contributed by atoms with Crippen LogP contribution >= 0.6 is 0 Å². The van der Waals surface area contributed by atoms with Gasteiger partial charge in [-0.15, -0.1) is 0 Å². The fourth-order valence-corrected chi connectivity index (χ4v) is 2.21. The number of hydrogen-bond acceptors (Lipinski definition) is 3. The summed E-state index contributed by atoms with van der Waals surface area (Å²) in [6, 6.07) is 5.72. The number of benzene rings is 1. The Kier molecular flexibility index (Phi) is 4.39. The Bertz CT molecular complexity index is 588. The number of H-pyrrole nitrogens is 1. The molecule has 0 fully saturated rings. The molecular formula is C15H22N4O. The molecule has 0 spiro atoms. The predicted octanol–water partition coefficient (Wildman–Crippen LogP) is 2.66. The normalized spacial score (nSPS) is 11.8. The summed E-state index contributed by atoms with van der Waals surface area (Å²) >= 11 is 0. The van der Waals surface area contributed by atoms with E-state index in [-0.39, 0.29) is 11.3 Å². The fourth-order valence-electron chi connectivity index (χ4n) is 2.21. The maximum absolute atomic E-state index is 12.0. The topological polar surface area (TPSA) is 83.8 Å². The van der Waals surface area contributed by atoms with Gasteiger partial charge in [-0.2, -0.15) is 5.10 Å². The Morgan fingerprint density at radius 2 is 2.20 bits per heavy atom. The van der Waals surface area contributed by atoms with Crippen molar-refractivity contribution in [2.24, 2.45) is 11.1 Å². The number of rotatable bonds is 6. The van der Waals surface area contributed by atoms with E-state index in [1.54, 1.807) is 6.20 Å². The average molecular weight is 274 g/mol. The number of aromatic nitrogens is 2. The van der Waals surface area contributed by atoms with E-state index >= 15 is 0 Å². The maximum Gasteiger partial charge on any atom is 0.224 e. The number of carbonyl (C=O) groups excluding carboxylic acids is 1. The molecule has 1 amide bonds. The van der Waals surface area contributed by atoms with E-state index in [0.717, 1.165) is 29.4 Å². The molecular weight excluding hydrogens is 252 g/mol. The van der Waals surface area contributed by atoms with E-state index < -0.39 is 0 Å². The molecule has 108 valence electrons. The molecule has 2 rings (SSSR count). The third-order valence-electron chi connectivity index (χ3n) is 3.58. The van der Waals surface area contributed by atoms with Crippen molar-refractivity contribution in [1.29, 1.82) is 0 Å². The minimum absolute atomic E-state index is 0.0361. The van der Waals surface area contributed by atoms with Gasteiger partial charge in [-0.1, -0.05) is 13.8 Å². The zero-order chi connectivity index (χ0) is 14.6. The lowest BCUT2D eigenvalue weighted by Crippen LogP contribution is -2.20. The lowest BCUT2D eigenvalue weighted by molar-refractivity contribution is -0.116. The Morgan fingerprint density at radius 1 is 1.40 bits per heavy atom. The van der Waals surface area contributed by atoms with Crippen molar-refractivity contribution in [3.05, 3.63) is 24.4 Å². The minimum Gasteiger partial charge on any atom is -0.330 e. The summed E-state index contributed by atoms with van der Waals surface area (Å²) in [5.74, 6) is 0.0361. The zero-order valence-corrected chi connectivity index (χ0v) is 12.1. The van der Waals surface area contributed by atoms with Gasteiger partial charge in [-0.25, -0.2) is 0 Å². The molecule has 0 aliphatic heterocycles. The summed E-state index contributed by atoms with van der Waals surface area (Å²) in [4.78, 5) is 12.0. The quantitative estimate of drug-likeness (QED) is 0.757. The van der Waals surface area contributed by atoms with Crippen LogP contribution in [0.3, 0.4) is 0 Å². The van der Waals surface area contributed by atoms with Crippen LogP contribution in [-0.2, 0) is 4.79 Å². The number of amides is 1. The van der Waals surface area contributed by atoms with Gasteiger partial charge in [-0.3, -0.25) is 9.89 Å². The Labute approximate surface area is 118 Å². The first-order chi connectivity index (χ1) is 9.50. The SMILES string of the molecule is CC(C)(CCN)CCC(=O)Nc1ccc2cn[nH]c2c1. The molecule has 0 atom stereocenters. The number of anilines is 1. The second kappa shape index (κ2) is 6.05. The van der Waals surface area contributed by atoms with Crippen molar-refractivity contribution in [3.63, 3.8) is 0 Å². The van der Waals surface area contributed by atoms with E-state index in [2.05, 4.69) is 29.4 Å². The van der Waals surface area contributed by atoms with Crippen LogP contribution in [0.15, 0.2) is 24.4 Å². The molecule has 1 aromatic carbocycles. The van der Waals surface area contributed by atoms with Gasteiger partial charge < -0.3 is 11.1 Å². The molecule has 0 unspecified atom stereocenters. The van der Waals surface area contributed by atoms with Gasteiger partial charge in [-0.05, 0) is 43.0 Å². The second-order valence-corrected chi connectivity index (χ2v) is 5.92. The molecule has 5 heteroatoms. The van der Waals surface area contributed by atoms with E-state index in [0.29, 0.717) is 13.0 Å². The molecule has 20 heavy (non-hydrogen) atoms. The molecule has 5 nitrogen and oxygen atoms in total. The summed E-state index contributed by atoms with van der Waals surface area (Å²) in [5.41, 5.74) is 7.41. The van der Waals surface area contributed by atoms with Crippen molar-refractivity contribution in [3.8, 4) is 0 Å². The third-order valence-corrected chi connectivity index (χ3v) is 3.58. The number of nitrogens with zero attached hydrogens (tertiary/aromatic N) is 1. The Morgan fingerprint density at radius 3 is 2.95 bits per heavy atom. The molecule has 4 N–H and O–H groups in total. The van der Waals surface area contributed by atoms with E-state index in [9.17, 15) is 4.79 Å². The van der Waals surface area contributed by atoms with Gasteiger partial charge in [0.05, 0.1) is 11.7 Å². The monoisotopic (exact) mass is 274 g/mol. The number of nitrogens with one attached hydrogen (secondary N) is 2. The number of aromatic amines is 1. The number of fused-ring (bicyclic) bond motifs is 1. The molecule has 0 aliphatic carbocycles. The first kappa shape index (κ1) is 14.5. The van der Waals surface area contributed by atoms with Gasteiger partial charge in [0.2, 0.25) is 5.91 Å². The molecule has 0 saturated heterocycles. The smallest absolute Gasteiger partial charge is 0.224 e. The van der Waals surface area contributed by atoms with Crippen LogP contribution in [-0.4, -0.2) is 22.6 Å². The molecule has 0 radical (unpaired) electrons. The van der Waals surface area contributed by atoms with Crippen LogP contribution in [0.5, 0.6) is 0 Å². The van der Waals surface area contributed by atoms with Crippen molar-refractivity contribution in [1.82, 2.24) is 10.2 Å². The van der Waals surface area contributed by atoms with Crippen molar-refractivity contribution >= 4 is 22.5 Å². The van der Waals surface area contributed by atoms with Crippen LogP contribution in [0.2, 0.25) is 0 Å². The summed E-state index contributed by atoms with van der Waals surface area (Å²) in [7, 11) is 0. The van der Waals surface area contributed by atoms with Gasteiger partial charge in [0, 0.05) is 17.5 Å². The molecule has 0 bridgehead atoms. The van der Waals surface area contributed by atoms with Crippen LogP contribution in [0.25, 0.3) is 10.9 Å². The number of hydrogen-bond donors (Lipinski definition) is 3. The van der Waals surface area contributed by atoms with Gasteiger partial charge in [0.25, 0.3) is 0 Å². The van der Waals surface area contributed by atoms with E-state index in [1.807, 2.05) is 18.2 Å². The average Bonchev–Trinajstić information content (AvgIpc) is 2.84. The Hall–Kier alpha value is -1.88. The largest absolute Gasteiger partial charge is 0.330 e. The highest BCUT2D eigenvalue weighted by molar-refractivity contribution is 5.93. The van der Waals surface area contributed by atoms with Crippen molar-refractivity contribution in [2.75, 3.05) is 11.9 Å². The zero-order valence-electron chi connectivity index (χ0n) is 12.1. The predicted molar refractivity (Wildman–Crippen MR) is 81.4 cm³/mol. The molecule has 1 aromatic heterocycles. The summed E-state index contributed by atoms with van der Waals surface area (Å²) in [5, 5.41) is 10.8. The molecule has 0 saturated carbocycles.